The normalized spacial score (nSPS) is 15.8. The summed E-state index contributed by atoms with van der Waals surface area (Å²) < 4.78 is 44.3. The molecule has 1 aromatic carbocycles. The summed E-state index contributed by atoms with van der Waals surface area (Å²) in [6.45, 7) is 7.03. The van der Waals surface area contributed by atoms with Crippen molar-refractivity contribution in [1.29, 1.82) is 0 Å². The van der Waals surface area contributed by atoms with E-state index in [2.05, 4.69) is 0 Å². The van der Waals surface area contributed by atoms with Crippen LogP contribution in [-0.4, -0.2) is 59.9 Å². The summed E-state index contributed by atoms with van der Waals surface area (Å²) in [6.07, 6.45) is 1.81. The molecule has 1 aromatic heterocycles. The zero-order valence-electron chi connectivity index (χ0n) is 22.1. The van der Waals surface area contributed by atoms with Gasteiger partial charge in [-0.3, -0.25) is 9.59 Å². The Bertz CT molecular complexity index is 1340. The molecule has 7 nitrogen and oxygen atoms in total. The highest BCUT2D eigenvalue weighted by Crippen LogP contribution is 2.44. The summed E-state index contributed by atoms with van der Waals surface area (Å²) in [5.74, 6) is -0.741. The number of ether oxygens (including phenoxy) is 2. The van der Waals surface area contributed by atoms with Crippen molar-refractivity contribution in [3.63, 3.8) is 0 Å². The van der Waals surface area contributed by atoms with Crippen molar-refractivity contribution in [3.05, 3.63) is 70.2 Å². The number of hydrogen-bond donors (Lipinski definition) is 0. The molecule has 0 radical (unpaired) electrons. The van der Waals surface area contributed by atoms with Gasteiger partial charge in [0.25, 0.3) is 0 Å². The average molecular weight is 511 g/mol. The van der Waals surface area contributed by atoms with Crippen LogP contribution in [0.1, 0.15) is 50.2 Å². The number of aromatic nitrogens is 1. The zero-order valence-corrected chi connectivity index (χ0v) is 22.1. The molecule has 3 heterocycles. The quantitative estimate of drug-likeness (QED) is 0.387. The molecule has 0 atom stereocenters. The number of hydrogen-bond acceptors (Lipinski definition) is 5. The van der Waals surface area contributed by atoms with Crippen molar-refractivity contribution in [1.82, 2.24) is 4.48 Å². The lowest BCUT2D eigenvalue weighted by atomic mass is 9.84. The van der Waals surface area contributed by atoms with Crippen molar-refractivity contribution < 1.29 is 32.2 Å². The van der Waals surface area contributed by atoms with Gasteiger partial charge in [-0.05, 0) is 55.8 Å². The molecule has 0 spiro atoms. The minimum atomic E-state index is -4.03. The van der Waals surface area contributed by atoms with Crippen LogP contribution in [0.15, 0.2) is 47.7 Å². The number of allylic oxidation sites excluding steroid dienone is 2. The number of aryl methyl sites for hydroxylation is 2. The smallest absolute Gasteiger partial charge is 0.464 e. The molecule has 0 aliphatic carbocycles. The van der Waals surface area contributed by atoms with Crippen molar-refractivity contribution >= 4 is 35.9 Å². The van der Waals surface area contributed by atoms with Crippen molar-refractivity contribution in [2.75, 3.05) is 31.2 Å². The summed E-state index contributed by atoms with van der Waals surface area (Å²) in [7, 11) is 0. The third-order valence-electron chi connectivity index (χ3n) is 6.79. The number of halogens is 2. The maximum atomic E-state index is 15.8. The lowest BCUT2D eigenvalue weighted by Crippen LogP contribution is -2.51. The van der Waals surface area contributed by atoms with E-state index in [-0.39, 0.29) is 25.2 Å². The fourth-order valence-corrected chi connectivity index (χ4v) is 5.38. The predicted octanol–water partition coefficient (Wildman–Crippen LogP) is 4.47. The molecule has 2 aliphatic heterocycles. The Morgan fingerprint density at radius 1 is 0.973 bits per heavy atom. The summed E-state index contributed by atoms with van der Waals surface area (Å²) in [6, 6.07) is 9.47. The molecule has 0 unspecified atom stereocenters. The maximum absolute atomic E-state index is 15.8. The molecule has 0 N–H and O–H groups in total. The molecule has 0 saturated carbocycles. The van der Waals surface area contributed by atoms with Gasteiger partial charge in [0.05, 0.1) is 18.7 Å². The van der Waals surface area contributed by atoms with Gasteiger partial charge in [0.1, 0.15) is 18.9 Å². The molecule has 196 valence electrons. The van der Waals surface area contributed by atoms with Crippen LogP contribution < -0.4 is 4.90 Å². The van der Waals surface area contributed by atoms with E-state index in [0.29, 0.717) is 35.9 Å². The molecular formula is C27H32BF2N3O4. The van der Waals surface area contributed by atoms with E-state index in [0.717, 1.165) is 28.0 Å². The number of anilines is 1. The number of esters is 2. The Hall–Kier alpha value is -3.69. The summed E-state index contributed by atoms with van der Waals surface area (Å²) in [5, 5.41) is 0. The van der Waals surface area contributed by atoms with Crippen LogP contribution >= 0.6 is 0 Å². The van der Waals surface area contributed by atoms with Crippen LogP contribution in [0.2, 0.25) is 0 Å². The first kappa shape index (κ1) is 26.4. The van der Waals surface area contributed by atoms with E-state index >= 15 is 8.63 Å². The highest BCUT2D eigenvalue weighted by atomic mass is 19.2. The van der Waals surface area contributed by atoms with Gasteiger partial charge in [-0.1, -0.05) is 12.1 Å². The zero-order chi connectivity index (χ0) is 27.1. The molecule has 0 saturated heterocycles. The molecule has 2 aliphatic rings. The van der Waals surface area contributed by atoms with Crippen LogP contribution in [0.4, 0.5) is 14.3 Å². The van der Waals surface area contributed by atoms with E-state index in [1.165, 1.54) is 22.8 Å². The average Bonchev–Trinajstić information content (AvgIpc) is 3.28. The number of carbonyl (C=O) groups is 2. The molecular weight excluding hydrogens is 479 g/mol. The van der Waals surface area contributed by atoms with E-state index < -0.39 is 6.97 Å². The van der Waals surface area contributed by atoms with Crippen molar-refractivity contribution in [2.45, 2.75) is 41.5 Å². The lowest BCUT2D eigenvalue weighted by Gasteiger charge is -2.34. The third kappa shape index (κ3) is 4.84. The van der Waals surface area contributed by atoms with Crippen LogP contribution in [0.3, 0.4) is 0 Å². The largest absolute Gasteiger partial charge is 0.737 e. The first-order valence-electron chi connectivity index (χ1n) is 12.3. The van der Waals surface area contributed by atoms with Crippen LogP contribution in [0.25, 0.3) is 5.57 Å². The van der Waals surface area contributed by atoms with Gasteiger partial charge < -0.3 is 32.0 Å². The second kappa shape index (κ2) is 9.99. The van der Waals surface area contributed by atoms with Gasteiger partial charge in [0.15, 0.2) is 5.70 Å². The summed E-state index contributed by atoms with van der Waals surface area (Å²) >= 11 is 0. The molecule has 0 amide bonds. The first-order chi connectivity index (χ1) is 17.4. The Morgan fingerprint density at radius 2 is 1.54 bits per heavy atom. The molecule has 4 rings (SSSR count). The van der Waals surface area contributed by atoms with Crippen LogP contribution in [0.5, 0.6) is 0 Å². The van der Waals surface area contributed by atoms with Gasteiger partial charge in [0, 0.05) is 43.8 Å². The molecule has 2 aromatic rings. The lowest BCUT2D eigenvalue weighted by molar-refractivity contribution is -0.363. The maximum Gasteiger partial charge on any atom is 0.737 e. The summed E-state index contributed by atoms with van der Waals surface area (Å²) in [5.41, 5.74) is 6.12. The number of carbonyl (C=O) groups excluding carboxylic acids is 2. The number of rotatable bonds is 8. The number of fused-ring (bicyclic) bond motifs is 2. The van der Waals surface area contributed by atoms with Gasteiger partial charge in [-0.25, -0.2) is 0 Å². The Labute approximate surface area is 215 Å². The monoisotopic (exact) mass is 511 g/mol. The van der Waals surface area contributed by atoms with Gasteiger partial charge in [0.2, 0.25) is 0 Å². The summed E-state index contributed by atoms with van der Waals surface area (Å²) in [4.78, 5) is 24.4. The second-order valence-corrected chi connectivity index (χ2v) is 9.55. The molecule has 0 bridgehead atoms. The van der Waals surface area contributed by atoms with Gasteiger partial charge >= 0.3 is 18.9 Å². The van der Waals surface area contributed by atoms with Gasteiger partial charge in [-0.15, -0.1) is 0 Å². The fraction of sp³-hybridized carbons (Fsp3) is 0.370. The molecule has 0 fully saturated rings. The van der Waals surface area contributed by atoms with Crippen molar-refractivity contribution in [3.8, 4) is 0 Å². The fourth-order valence-electron chi connectivity index (χ4n) is 5.38. The standard InChI is InChI=1S/C27H32BF2N3O4/c1-17-15-19(3)32-26(17)25(27-18(2)16-20(4)33(27)28(32,29)30)23-7-9-24(10-8-23)31(11-13-36-21(5)34)12-14-37-22(6)35/h7-10,15-16H,11-14H2,1-6H3. The topological polar surface area (TPSA) is 63.8 Å². The predicted molar refractivity (Wildman–Crippen MR) is 140 cm³/mol. The van der Waals surface area contributed by atoms with Crippen LogP contribution in [0, 0.1) is 13.8 Å². The minimum absolute atomic E-state index is 0.184. The van der Waals surface area contributed by atoms with E-state index in [1.807, 2.05) is 55.2 Å². The number of nitrogens with zero attached hydrogens (tertiary/aromatic N) is 3. The highest BCUT2D eigenvalue weighted by Gasteiger charge is 2.55. The molecule has 10 heteroatoms. The van der Waals surface area contributed by atoms with Gasteiger partial charge in [-0.2, -0.15) is 0 Å². The van der Waals surface area contributed by atoms with E-state index in [1.54, 1.807) is 13.8 Å². The molecule has 37 heavy (non-hydrogen) atoms. The Morgan fingerprint density at radius 3 is 2.08 bits per heavy atom. The third-order valence-corrected chi connectivity index (χ3v) is 6.79. The SMILES string of the molecule is CC(=O)OCCN(CCOC(C)=O)c1ccc(C2=C3C(C)=CC(C)=[N+]3[B-](F)(F)n3c(C)cc(C)c32)cc1. The van der Waals surface area contributed by atoms with E-state index in [9.17, 15) is 9.59 Å². The van der Waals surface area contributed by atoms with E-state index in [4.69, 9.17) is 9.47 Å². The van der Waals surface area contributed by atoms with Crippen LogP contribution in [-0.2, 0) is 19.1 Å². The number of benzene rings is 1. The Balaban J connectivity index is 1.76. The highest BCUT2D eigenvalue weighted by molar-refractivity contribution is 6.58. The Kier molecular flexibility index (Phi) is 7.12. The van der Waals surface area contributed by atoms with Crippen molar-refractivity contribution in [2.24, 2.45) is 0 Å². The second-order valence-electron chi connectivity index (χ2n) is 9.55. The minimum Gasteiger partial charge on any atom is -0.464 e. The first-order valence-corrected chi connectivity index (χ1v) is 12.3.